The highest BCUT2D eigenvalue weighted by Crippen LogP contribution is 2.23. The third-order valence-corrected chi connectivity index (χ3v) is 3.17. The van der Waals surface area contributed by atoms with Crippen molar-refractivity contribution in [2.24, 2.45) is 5.84 Å². The van der Waals surface area contributed by atoms with Gasteiger partial charge in [-0.2, -0.15) is 13.2 Å². The van der Waals surface area contributed by atoms with Gasteiger partial charge in [0.2, 0.25) is 0 Å². The molecule has 0 aliphatic carbocycles. The molecule has 0 aromatic heterocycles. The topological polar surface area (TPSA) is 38.0 Å². The molecule has 0 radical (unpaired) electrons. The Kier molecular flexibility index (Phi) is 6.11. The van der Waals surface area contributed by atoms with Crippen molar-refractivity contribution in [1.82, 2.24) is 5.43 Å². The molecule has 1 aromatic rings. The van der Waals surface area contributed by atoms with Gasteiger partial charge in [-0.25, -0.2) is 0 Å². The number of nitrogens with two attached hydrogens (primary N) is 1. The van der Waals surface area contributed by atoms with E-state index in [0.717, 1.165) is 10.0 Å². The first-order valence-corrected chi connectivity index (χ1v) is 6.47. The molecule has 18 heavy (non-hydrogen) atoms. The van der Waals surface area contributed by atoms with Crippen LogP contribution in [0.1, 0.15) is 24.8 Å². The number of alkyl halides is 3. The summed E-state index contributed by atoms with van der Waals surface area (Å²) in [5.41, 5.74) is 3.62. The molecule has 0 bridgehead atoms. The summed E-state index contributed by atoms with van der Waals surface area (Å²) in [4.78, 5) is 0. The fraction of sp³-hybridized carbons (Fsp3) is 0.500. The van der Waals surface area contributed by atoms with Gasteiger partial charge in [-0.15, -0.1) is 0 Å². The van der Waals surface area contributed by atoms with Crippen molar-refractivity contribution >= 4 is 15.9 Å². The van der Waals surface area contributed by atoms with E-state index in [1.807, 2.05) is 24.3 Å². The summed E-state index contributed by atoms with van der Waals surface area (Å²) in [6.45, 7) is 0. The van der Waals surface area contributed by atoms with Crippen LogP contribution in [0.3, 0.4) is 0 Å². The van der Waals surface area contributed by atoms with Crippen LogP contribution in [-0.2, 0) is 6.42 Å². The molecular formula is C12H16BrF3N2. The molecule has 0 heterocycles. The van der Waals surface area contributed by atoms with E-state index in [1.54, 1.807) is 0 Å². The first-order valence-electron chi connectivity index (χ1n) is 5.68. The predicted octanol–water partition coefficient (Wildman–Crippen LogP) is 3.56. The summed E-state index contributed by atoms with van der Waals surface area (Å²) in [5.74, 6) is 5.36. The van der Waals surface area contributed by atoms with Crippen molar-refractivity contribution in [3.05, 3.63) is 34.3 Å². The second-order valence-corrected chi connectivity index (χ2v) is 5.12. The molecule has 0 fully saturated rings. The van der Waals surface area contributed by atoms with Gasteiger partial charge >= 0.3 is 6.18 Å². The number of hydrazine groups is 1. The van der Waals surface area contributed by atoms with Crippen molar-refractivity contribution in [2.75, 3.05) is 0 Å². The number of rotatable bonds is 6. The highest BCUT2D eigenvalue weighted by Gasteiger charge is 2.26. The molecule has 0 spiro atoms. The molecule has 0 amide bonds. The van der Waals surface area contributed by atoms with E-state index in [0.29, 0.717) is 12.8 Å². The highest BCUT2D eigenvalue weighted by atomic mass is 79.9. The molecule has 6 heteroatoms. The highest BCUT2D eigenvalue weighted by molar-refractivity contribution is 9.10. The lowest BCUT2D eigenvalue weighted by Crippen LogP contribution is -2.36. The third kappa shape index (κ3) is 6.37. The van der Waals surface area contributed by atoms with Crippen LogP contribution < -0.4 is 11.3 Å². The minimum atomic E-state index is -4.09. The van der Waals surface area contributed by atoms with E-state index in [-0.39, 0.29) is 12.5 Å². The van der Waals surface area contributed by atoms with Gasteiger partial charge in [0, 0.05) is 16.9 Å². The second kappa shape index (κ2) is 7.11. The van der Waals surface area contributed by atoms with Gasteiger partial charge in [0.1, 0.15) is 0 Å². The Hall–Kier alpha value is -0.590. The van der Waals surface area contributed by atoms with E-state index >= 15 is 0 Å². The average Bonchev–Trinajstić information content (AvgIpc) is 2.29. The quantitative estimate of drug-likeness (QED) is 0.620. The summed E-state index contributed by atoms with van der Waals surface area (Å²) >= 11 is 3.33. The molecule has 1 rings (SSSR count). The zero-order chi connectivity index (χ0) is 13.6. The first kappa shape index (κ1) is 15.5. The standard InChI is InChI=1S/C12H16BrF3N2/c13-10-5-3-9(4-6-10)8-11(18-17)2-1-7-12(14,15)16/h3-6,11,18H,1-2,7-8,17H2. The van der Waals surface area contributed by atoms with Crippen molar-refractivity contribution < 1.29 is 13.2 Å². The number of benzene rings is 1. The predicted molar refractivity (Wildman–Crippen MR) is 68.9 cm³/mol. The molecule has 3 N–H and O–H groups in total. The number of hydrogen-bond acceptors (Lipinski definition) is 2. The molecule has 0 aliphatic heterocycles. The fourth-order valence-corrected chi connectivity index (χ4v) is 1.96. The zero-order valence-corrected chi connectivity index (χ0v) is 11.4. The fourth-order valence-electron chi connectivity index (χ4n) is 1.70. The van der Waals surface area contributed by atoms with E-state index in [9.17, 15) is 13.2 Å². The smallest absolute Gasteiger partial charge is 0.271 e. The summed E-state index contributed by atoms with van der Waals surface area (Å²) in [6, 6.07) is 7.53. The summed E-state index contributed by atoms with van der Waals surface area (Å²) in [5, 5.41) is 0. The summed E-state index contributed by atoms with van der Waals surface area (Å²) in [7, 11) is 0. The Morgan fingerprint density at radius 2 is 1.83 bits per heavy atom. The average molecular weight is 325 g/mol. The molecule has 0 saturated heterocycles. The Bertz CT molecular complexity index is 351. The summed E-state index contributed by atoms with van der Waals surface area (Å²) in [6.07, 6.45) is -3.72. The third-order valence-electron chi connectivity index (χ3n) is 2.64. The maximum atomic E-state index is 12.0. The Morgan fingerprint density at radius 3 is 2.33 bits per heavy atom. The molecule has 102 valence electrons. The molecule has 0 saturated carbocycles. The van der Waals surface area contributed by atoms with Crippen molar-refractivity contribution in [1.29, 1.82) is 0 Å². The molecule has 1 unspecified atom stereocenters. The lowest BCUT2D eigenvalue weighted by atomic mass is 10.0. The lowest BCUT2D eigenvalue weighted by Gasteiger charge is -2.16. The van der Waals surface area contributed by atoms with Crippen LogP contribution in [-0.4, -0.2) is 12.2 Å². The maximum absolute atomic E-state index is 12.0. The first-order chi connectivity index (χ1) is 8.40. The zero-order valence-electron chi connectivity index (χ0n) is 9.80. The molecule has 1 atom stereocenters. The largest absolute Gasteiger partial charge is 0.389 e. The van der Waals surface area contributed by atoms with Crippen molar-refractivity contribution in [3.63, 3.8) is 0 Å². The Labute approximate surface area is 113 Å². The molecule has 1 aromatic carbocycles. The van der Waals surface area contributed by atoms with Crippen LogP contribution in [0.5, 0.6) is 0 Å². The number of nitrogens with one attached hydrogen (secondary N) is 1. The lowest BCUT2D eigenvalue weighted by molar-refractivity contribution is -0.135. The Balaban J connectivity index is 2.40. The van der Waals surface area contributed by atoms with Crippen LogP contribution in [0.4, 0.5) is 13.2 Å². The van der Waals surface area contributed by atoms with Gasteiger partial charge < -0.3 is 0 Å². The van der Waals surface area contributed by atoms with Crippen LogP contribution in [0.2, 0.25) is 0 Å². The minimum absolute atomic E-state index is 0.0922. The molecule has 2 nitrogen and oxygen atoms in total. The normalized spacial score (nSPS) is 13.6. The minimum Gasteiger partial charge on any atom is -0.271 e. The van der Waals surface area contributed by atoms with Crippen molar-refractivity contribution in [2.45, 2.75) is 37.9 Å². The van der Waals surface area contributed by atoms with Gasteiger partial charge in [0.15, 0.2) is 0 Å². The number of hydrogen-bond donors (Lipinski definition) is 2. The Morgan fingerprint density at radius 1 is 1.22 bits per heavy atom. The second-order valence-electron chi connectivity index (χ2n) is 4.20. The van der Waals surface area contributed by atoms with E-state index in [4.69, 9.17) is 5.84 Å². The van der Waals surface area contributed by atoms with E-state index in [1.165, 1.54) is 0 Å². The van der Waals surface area contributed by atoms with E-state index in [2.05, 4.69) is 21.4 Å². The van der Waals surface area contributed by atoms with Crippen LogP contribution in [0, 0.1) is 0 Å². The van der Waals surface area contributed by atoms with Crippen LogP contribution >= 0.6 is 15.9 Å². The van der Waals surface area contributed by atoms with Gasteiger partial charge in [0.25, 0.3) is 0 Å². The van der Waals surface area contributed by atoms with Crippen LogP contribution in [0.15, 0.2) is 28.7 Å². The van der Waals surface area contributed by atoms with E-state index < -0.39 is 12.6 Å². The number of halogens is 4. The SMILES string of the molecule is NNC(CCCC(F)(F)F)Cc1ccc(Br)cc1. The monoisotopic (exact) mass is 324 g/mol. The van der Waals surface area contributed by atoms with Crippen LogP contribution in [0.25, 0.3) is 0 Å². The van der Waals surface area contributed by atoms with Gasteiger partial charge in [-0.3, -0.25) is 11.3 Å². The van der Waals surface area contributed by atoms with Gasteiger partial charge in [-0.05, 0) is 37.0 Å². The molecule has 0 aliphatic rings. The maximum Gasteiger partial charge on any atom is 0.389 e. The summed E-state index contributed by atoms with van der Waals surface area (Å²) < 4.78 is 37.0. The van der Waals surface area contributed by atoms with Gasteiger partial charge in [-0.1, -0.05) is 28.1 Å². The van der Waals surface area contributed by atoms with Crippen molar-refractivity contribution in [3.8, 4) is 0 Å². The van der Waals surface area contributed by atoms with Gasteiger partial charge in [0.05, 0.1) is 0 Å². The molecular weight excluding hydrogens is 309 g/mol.